The molecule has 0 amide bonds. The van der Waals surface area contributed by atoms with Crippen LogP contribution < -0.4 is 0 Å². The maximum absolute atomic E-state index is 13.8. The van der Waals surface area contributed by atoms with Gasteiger partial charge in [0.1, 0.15) is 5.82 Å². The van der Waals surface area contributed by atoms with Gasteiger partial charge in [0.25, 0.3) is 0 Å². The van der Waals surface area contributed by atoms with Crippen LogP contribution in [0.4, 0.5) is 4.39 Å². The smallest absolute Gasteiger partial charge is 0.192 e. The van der Waals surface area contributed by atoms with Gasteiger partial charge in [-0.25, -0.2) is 4.39 Å². The highest BCUT2D eigenvalue weighted by molar-refractivity contribution is 6.73. The van der Waals surface area contributed by atoms with E-state index in [-0.39, 0.29) is 11.9 Å². The average Bonchev–Trinajstić information content (AvgIpc) is 2.36. The third kappa shape index (κ3) is 3.31. The van der Waals surface area contributed by atoms with Gasteiger partial charge in [0, 0.05) is 11.8 Å². The van der Waals surface area contributed by atoms with Crippen LogP contribution in [-0.2, 0) is 4.43 Å². The van der Waals surface area contributed by atoms with Crippen LogP contribution in [0.5, 0.6) is 0 Å². The quantitative estimate of drug-likeness (QED) is 0.691. The Kier molecular flexibility index (Phi) is 5.75. The van der Waals surface area contributed by atoms with E-state index < -0.39 is 8.32 Å². The van der Waals surface area contributed by atoms with Crippen molar-refractivity contribution in [2.75, 3.05) is 0 Å². The van der Waals surface area contributed by atoms with Crippen molar-refractivity contribution in [1.29, 1.82) is 0 Å². The molecule has 0 saturated heterocycles. The Labute approximate surface area is 115 Å². The van der Waals surface area contributed by atoms with Crippen molar-refractivity contribution in [2.45, 2.75) is 51.9 Å². The van der Waals surface area contributed by atoms with E-state index in [1.54, 1.807) is 0 Å². The predicted octanol–water partition coefficient (Wildman–Crippen LogP) is 4.96. The van der Waals surface area contributed by atoms with Gasteiger partial charge in [-0.3, -0.25) is 4.98 Å². The Morgan fingerprint density at radius 2 is 1.83 bits per heavy atom. The first-order valence-corrected chi connectivity index (χ1v) is 9.37. The summed E-state index contributed by atoms with van der Waals surface area (Å²) in [5.74, 6) is -0.388. The Balaban J connectivity index is 2.97. The van der Waals surface area contributed by atoms with E-state index in [2.05, 4.69) is 25.8 Å². The molecule has 18 heavy (non-hydrogen) atoms. The van der Waals surface area contributed by atoms with Crippen LogP contribution in [0, 0.1) is 5.82 Å². The van der Waals surface area contributed by atoms with Crippen molar-refractivity contribution in [2.24, 2.45) is 0 Å². The highest BCUT2D eigenvalue weighted by atomic mass is 35.5. The summed E-state index contributed by atoms with van der Waals surface area (Å²) in [6, 6.07) is 3.11. The lowest BCUT2D eigenvalue weighted by Crippen LogP contribution is -2.36. The van der Waals surface area contributed by atoms with Crippen LogP contribution >= 0.6 is 11.6 Å². The van der Waals surface area contributed by atoms with E-state index in [0.29, 0.717) is 10.6 Å². The number of rotatable bonds is 6. The van der Waals surface area contributed by atoms with Crippen LogP contribution in [0.3, 0.4) is 0 Å². The largest absolute Gasteiger partial charge is 0.410 e. The van der Waals surface area contributed by atoms with Gasteiger partial charge >= 0.3 is 0 Å². The van der Waals surface area contributed by atoms with Crippen molar-refractivity contribution in [1.82, 2.24) is 4.98 Å². The van der Waals surface area contributed by atoms with E-state index in [1.165, 1.54) is 12.4 Å². The first-order valence-electron chi connectivity index (χ1n) is 6.46. The zero-order chi connectivity index (χ0) is 13.8. The maximum atomic E-state index is 13.8. The molecule has 0 bridgehead atoms. The van der Waals surface area contributed by atoms with Crippen molar-refractivity contribution < 1.29 is 8.82 Å². The minimum atomic E-state index is -1.75. The summed E-state index contributed by atoms with van der Waals surface area (Å²) < 4.78 is 20.0. The van der Waals surface area contributed by atoms with E-state index in [4.69, 9.17) is 16.0 Å². The fraction of sp³-hybridized carbons (Fsp3) is 0.615. The second kappa shape index (κ2) is 6.64. The standard InChI is InChI=1S/C13H21ClFNOSi/c1-5-18(6-2,7-3)17-10(4)13-11(14)8-16-9-12(13)15/h8-10H,5-7H2,1-4H3. The van der Waals surface area contributed by atoms with E-state index in [9.17, 15) is 4.39 Å². The van der Waals surface area contributed by atoms with Crippen molar-refractivity contribution in [3.05, 3.63) is 28.8 Å². The summed E-state index contributed by atoms with van der Waals surface area (Å²) in [7, 11) is -1.75. The Hall–Kier alpha value is -0.453. The normalized spacial score (nSPS) is 13.7. The molecule has 1 rings (SSSR count). The summed E-state index contributed by atoms with van der Waals surface area (Å²) in [6.07, 6.45) is 2.34. The van der Waals surface area contributed by atoms with Crippen LogP contribution in [0.25, 0.3) is 0 Å². The topological polar surface area (TPSA) is 22.1 Å². The summed E-state index contributed by atoms with van der Waals surface area (Å²) in [4.78, 5) is 3.73. The van der Waals surface area contributed by atoms with Gasteiger partial charge < -0.3 is 4.43 Å². The zero-order valence-corrected chi connectivity index (χ0v) is 13.2. The Morgan fingerprint density at radius 1 is 1.28 bits per heavy atom. The van der Waals surface area contributed by atoms with Crippen LogP contribution in [-0.4, -0.2) is 13.3 Å². The van der Waals surface area contributed by atoms with Gasteiger partial charge in [-0.2, -0.15) is 0 Å². The highest BCUT2D eigenvalue weighted by Crippen LogP contribution is 2.33. The molecule has 0 spiro atoms. The monoisotopic (exact) mass is 289 g/mol. The van der Waals surface area contributed by atoms with Crippen molar-refractivity contribution >= 4 is 19.9 Å². The molecule has 1 heterocycles. The lowest BCUT2D eigenvalue weighted by atomic mass is 10.2. The summed E-state index contributed by atoms with van der Waals surface area (Å²) in [5, 5.41) is 0.341. The number of hydrogen-bond donors (Lipinski definition) is 0. The molecule has 0 saturated carbocycles. The number of nitrogens with zero attached hydrogens (tertiary/aromatic N) is 1. The lowest BCUT2D eigenvalue weighted by Gasteiger charge is -2.32. The highest BCUT2D eigenvalue weighted by Gasteiger charge is 2.32. The first kappa shape index (κ1) is 15.6. The second-order valence-corrected chi connectivity index (χ2v) is 9.65. The van der Waals surface area contributed by atoms with Gasteiger partial charge in [0.2, 0.25) is 0 Å². The van der Waals surface area contributed by atoms with E-state index >= 15 is 0 Å². The molecule has 0 N–H and O–H groups in total. The average molecular weight is 290 g/mol. The molecule has 0 radical (unpaired) electrons. The summed E-state index contributed by atoms with van der Waals surface area (Å²) >= 11 is 6.02. The predicted molar refractivity (Wildman–Crippen MR) is 75.9 cm³/mol. The fourth-order valence-electron chi connectivity index (χ4n) is 2.24. The fourth-order valence-corrected chi connectivity index (χ4v) is 5.41. The molecule has 0 aromatic carbocycles. The minimum Gasteiger partial charge on any atom is -0.410 e. The van der Waals surface area contributed by atoms with E-state index in [1.807, 2.05) is 6.92 Å². The summed E-state index contributed by atoms with van der Waals surface area (Å²) in [5.41, 5.74) is 0.430. The van der Waals surface area contributed by atoms with Crippen molar-refractivity contribution in [3.8, 4) is 0 Å². The molecule has 1 atom stereocenters. The second-order valence-electron chi connectivity index (χ2n) is 4.52. The number of pyridine rings is 1. The first-order chi connectivity index (χ1) is 8.49. The Morgan fingerprint density at radius 3 is 2.28 bits per heavy atom. The SMILES string of the molecule is CC[Si](CC)(CC)OC(C)c1c(F)cncc1Cl. The van der Waals surface area contributed by atoms with Crippen LogP contribution in [0.1, 0.15) is 39.4 Å². The zero-order valence-electron chi connectivity index (χ0n) is 11.5. The molecule has 2 nitrogen and oxygen atoms in total. The molecule has 0 fully saturated rings. The van der Waals surface area contributed by atoms with Gasteiger partial charge in [-0.05, 0) is 25.1 Å². The van der Waals surface area contributed by atoms with Gasteiger partial charge in [-0.1, -0.05) is 32.4 Å². The number of hydrogen-bond acceptors (Lipinski definition) is 2. The third-order valence-electron chi connectivity index (χ3n) is 3.66. The van der Waals surface area contributed by atoms with Gasteiger partial charge in [0.05, 0.1) is 17.3 Å². The molecule has 5 heteroatoms. The van der Waals surface area contributed by atoms with E-state index in [0.717, 1.165) is 18.1 Å². The molecule has 1 aromatic rings. The molecule has 0 aliphatic heterocycles. The Bertz CT molecular complexity index is 370. The van der Waals surface area contributed by atoms with Gasteiger partial charge in [0.15, 0.2) is 8.32 Å². The molecular weight excluding hydrogens is 269 g/mol. The van der Waals surface area contributed by atoms with Crippen LogP contribution in [0.2, 0.25) is 23.2 Å². The third-order valence-corrected chi connectivity index (χ3v) is 8.68. The molecular formula is C13H21ClFNOSi. The van der Waals surface area contributed by atoms with Crippen molar-refractivity contribution in [3.63, 3.8) is 0 Å². The summed E-state index contributed by atoms with van der Waals surface area (Å²) in [6.45, 7) is 8.32. The molecule has 0 aliphatic carbocycles. The molecule has 1 aromatic heterocycles. The maximum Gasteiger partial charge on any atom is 0.192 e. The molecule has 1 unspecified atom stereocenters. The van der Waals surface area contributed by atoms with Gasteiger partial charge in [-0.15, -0.1) is 0 Å². The molecule has 102 valence electrons. The lowest BCUT2D eigenvalue weighted by molar-refractivity contribution is 0.205. The molecule has 0 aliphatic rings. The number of halogens is 2. The number of aromatic nitrogens is 1. The van der Waals surface area contributed by atoms with Crippen LogP contribution in [0.15, 0.2) is 12.4 Å². The minimum absolute atomic E-state index is 0.313.